The molecular formula is C16H17N3O6S2. The van der Waals surface area contributed by atoms with Crippen LogP contribution in [-0.2, 0) is 24.8 Å². The molecule has 0 bridgehead atoms. The first kappa shape index (κ1) is 19.0. The van der Waals surface area contributed by atoms with E-state index in [9.17, 15) is 21.6 Å². The van der Waals surface area contributed by atoms with Gasteiger partial charge in [0.2, 0.25) is 26.0 Å². The minimum Gasteiger partial charge on any atom is -0.453 e. The van der Waals surface area contributed by atoms with Crippen molar-refractivity contribution in [3.8, 4) is 11.5 Å². The Morgan fingerprint density at radius 2 is 1.59 bits per heavy atom. The van der Waals surface area contributed by atoms with E-state index in [2.05, 4.69) is 10.0 Å². The highest BCUT2D eigenvalue weighted by atomic mass is 32.2. The van der Waals surface area contributed by atoms with Crippen molar-refractivity contribution in [1.29, 1.82) is 0 Å². The number of nitrogens with zero attached hydrogens (tertiary/aromatic N) is 1. The van der Waals surface area contributed by atoms with Crippen LogP contribution in [0.1, 0.15) is 6.92 Å². The van der Waals surface area contributed by atoms with Crippen molar-refractivity contribution in [1.82, 2.24) is 0 Å². The summed E-state index contributed by atoms with van der Waals surface area (Å²) in [4.78, 5) is 11.8. The van der Waals surface area contributed by atoms with E-state index >= 15 is 0 Å². The quantitative estimate of drug-likeness (QED) is 0.675. The predicted molar refractivity (Wildman–Crippen MR) is 103 cm³/mol. The normalized spacial score (nSPS) is 12.9. The Balaban J connectivity index is 1.98. The second-order valence-corrected chi connectivity index (χ2v) is 9.62. The molecule has 2 aromatic carbocycles. The highest BCUT2D eigenvalue weighted by molar-refractivity contribution is 7.92. The summed E-state index contributed by atoms with van der Waals surface area (Å²) >= 11 is 0. The number of rotatable bonds is 4. The molecule has 1 heterocycles. The molecule has 0 saturated heterocycles. The topological polar surface area (TPSA) is 122 Å². The molecule has 0 fully saturated rings. The van der Waals surface area contributed by atoms with Gasteiger partial charge in [0.1, 0.15) is 0 Å². The van der Waals surface area contributed by atoms with E-state index in [4.69, 9.17) is 4.74 Å². The van der Waals surface area contributed by atoms with Gasteiger partial charge in [-0.2, -0.15) is 0 Å². The Bertz CT molecular complexity index is 1140. The summed E-state index contributed by atoms with van der Waals surface area (Å²) in [6, 6.07) is 9.23. The lowest BCUT2D eigenvalue weighted by Crippen LogP contribution is -2.34. The van der Waals surface area contributed by atoms with Crippen molar-refractivity contribution in [2.45, 2.75) is 6.92 Å². The molecule has 2 N–H and O–H groups in total. The number of hydrogen-bond donors (Lipinski definition) is 2. The molecule has 144 valence electrons. The molecule has 0 radical (unpaired) electrons. The maximum atomic E-state index is 11.9. The third kappa shape index (κ3) is 4.14. The standard InChI is InChI=1S/C16H17N3O6S2/c1-10(20)19(27(3,23)24)12-5-7-14-16(9-12)25-15-8-11(18-26(2,21)22)4-6-13(15)17-14/h4-9,17-18H,1-3H3. The Labute approximate surface area is 157 Å². The number of ether oxygens (including phenoxy) is 1. The minimum atomic E-state index is -3.80. The molecule has 0 saturated carbocycles. The number of carbonyl (C=O) groups is 1. The van der Waals surface area contributed by atoms with Crippen LogP contribution in [0.15, 0.2) is 36.4 Å². The molecule has 3 rings (SSSR count). The van der Waals surface area contributed by atoms with Gasteiger partial charge in [-0.05, 0) is 24.3 Å². The van der Waals surface area contributed by atoms with Crippen LogP contribution < -0.4 is 19.1 Å². The van der Waals surface area contributed by atoms with Gasteiger partial charge >= 0.3 is 0 Å². The summed E-state index contributed by atoms with van der Waals surface area (Å²) in [6.07, 6.45) is 1.97. The molecule has 0 atom stereocenters. The number of anilines is 4. The van der Waals surface area contributed by atoms with E-state index < -0.39 is 26.0 Å². The Kier molecular flexibility index (Phi) is 4.52. The minimum absolute atomic E-state index is 0.138. The van der Waals surface area contributed by atoms with Crippen LogP contribution in [-0.4, -0.2) is 35.3 Å². The third-order valence-corrected chi connectivity index (χ3v) is 5.33. The molecule has 27 heavy (non-hydrogen) atoms. The van der Waals surface area contributed by atoms with E-state index in [1.54, 1.807) is 18.2 Å². The first-order valence-electron chi connectivity index (χ1n) is 7.66. The average molecular weight is 411 g/mol. The smallest absolute Gasteiger partial charge is 0.238 e. The molecule has 1 amide bonds. The maximum Gasteiger partial charge on any atom is 0.238 e. The van der Waals surface area contributed by atoms with Crippen LogP contribution in [0.5, 0.6) is 11.5 Å². The zero-order valence-electron chi connectivity index (χ0n) is 14.7. The number of benzene rings is 2. The monoisotopic (exact) mass is 411 g/mol. The summed E-state index contributed by atoms with van der Waals surface area (Å²) in [5, 5.41) is 3.11. The van der Waals surface area contributed by atoms with Gasteiger partial charge in [0.25, 0.3) is 0 Å². The van der Waals surface area contributed by atoms with Crippen molar-refractivity contribution in [2.24, 2.45) is 0 Å². The lowest BCUT2D eigenvalue weighted by Gasteiger charge is -2.25. The average Bonchev–Trinajstić information content (AvgIpc) is 2.49. The summed E-state index contributed by atoms with van der Waals surface area (Å²) in [5.41, 5.74) is 1.64. The molecule has 1 aliphatic rings. The Morgan fingerprint density at radius 3 is 2.15 bits per heavy atom. The number of fused-ring (bicyclic) bond motifs is 2. The molecule has 1 aliphatic heterocycles. The molecule has 0 aromatic heterocycles. The van der Waals surface area contributed by atoms with Gasteiger partial charge in [-0.15, -0.1) is 0 Å². The van der Waals surface area contributed by atoms with Crippen LogP contribution in [0.4, 0.5) is 22.7 Å². The second kappa shape index (κ2) is 6.43. The zero-order valence-corrected chi connectivity index (χ0v) is 16.3. The van der Waals surface area contributed by atoms with Gasteiger partial charge < -0.3 is 10.1 Å². The summed E-state index contributed by atoms with van der Waals surface area (Å²) in [6.45, 7) is 1.15. The number of carbonyl (C=O) groups excluding carboxylic acids is 1. The number of sulfonamides is 2. The fourth-order valence-electron chi connectivity index (χ4n) is 2.68. The first-order valence-corrected chi connectivity index (χ1v) is 11.4. The van der Waals surface area contributed by atoms with Crippen molar-refractivity contribution >= 4 is 48.7 Å². The lowest BCUT2D eigenvalue weighted by atomic mass is 10.2. The number of nitrogens with one attached hydrogen (secondary N) is 2. The van der Waals surface area contributed by atoms with Crippen molar-refractivity contribution in [3.05, 3.63) is 36.4 Å². The van der Waals surface area contributed by atoms with Gasteiger partial charge in [0, 0.05) is 19.1 Å². The molecule has 0 unspecified atom stereocenters. The third-order valence-electron chi connectivity index (χ3n) is 3.59. The van der Waals surface area contributed by atoms with Crippen molar-refractivity contribution < 1.29 is 26.4 Å². The molecule has 0 aliphatic carbocycles. The highest BCUT2D eigenvalue weighted by Gasteiger charge is 2.25. The zero-order chi connectivity index (χ0) is 20.0. The molecular weight excluding hydrogens is 394 g/mol. The largest absolute Gasteiger partial charge is 0.453 e. The van der Waals surface area contributed by atoms with E-state index in [0.29, 0.717) is 32.9 Å². The van der Waals surface area contributed by atoms with Crippen LogP contribution in [0.3, 0.4) is 0 Å². The van der Waals surface area contributed by atoms with E-state index in [0.717, 1.165) is 19.4 Å². The molecule has 9 nitrogen and oxygen atoms in total. The Hall–Kier alpha value is -2.79. The Morgan fingerprint density at radius 1 is 1.00 bits per heavy atom. The van der Waals surface area contributed by atoms with E-state index in [1.807, 2.05) is 0 Å². The fraction of sp³-hybridized carbons (Fsp3) is 0.188. The molecule has 11 heteroatoms. The van der Waals surface area contributed by atoms with Gasteiger partial charge in [-0.1, -0.05) is 0 Å². The van der Waals surface area contributed by atoms with Crippen LogP contribution in [0.2, 0.25) is 0 Å². The van der Waals surface area contributed by atoms with Crippen molar-refractivity contribution in [3.63, 3.8) is 0 Å². The number of hydrogen-bond acceptors (Lipinski definition) is 7. The summed E-state index contributed by atoms with van der Waals surface area (Å²) < 4.78 is 55.4. The van der Waals surface area contributed by atoms with Crippen LogP contribution in [0, 0.1) is 0 Å². The van der Waals surface area contributed by atoms with Crippen molar-refractivity contribution in [2.75, 3.05) is 26.9 Å². The van der Waals surface area contributed by atoms with E-state index in [1.165, 1.54) is 18.2 Å². The fourth-order valence-corrected chi connectivity index (χ4v) is 4.20. The molecule has 0 spiro atoms. The van der Waals surface area contributed by atoms with Crippen LogP contribution in [0.25, 0.3) is 0 Å². The van der Waals surface area contributed by atoms with Gasteiger partial charge in [-0.3, -0.25) is 9.52 Å². The van der Waals surface area contributed by atoms with Gasteiger partial charge in [0.05, 0.1) is 35.3 Å². The summed E-state index contributed by atoms with van der Waals surface area (Å²) in [7, 11) is -7.25. The van der Waals surface area contributed by atoms with Gasteiger partial charge in [-0.25, -0.2) is 21.1 Å². The van der Waals surface area contributed by atoms with Gasteiger partial charge in [0.15, 0.2) is 11.5 Å². The maximum absolute atomic E-state index is 11.9. The van der Waals surface area contributed by atoms with E-state index in [-0.39, 0.29) is 5.69 Å². The lowest BCUT2D eigenvalue weighted by molar-refractivity contribution is -0.115. The molecule has 2 aromatic rings. The first-order chi connectivity index (χ1) is 12.4. The second-order valence-electron chi connectivity index (χ2n) is 6.04. The predicted octanol–water partition coefficient (Wildman–Crippen LogP) is 2.22. The van der Waals surface area contributed by atoms with Crippen LogP contribution >= 0.6 is 0 Å². The summed E-state index contributed by atoms with van der Waals surface area (Å²) in [5.74, 6) is -0.00491. The highest BCUT2D eigenvalue weighted by Crippen LogP contribution is 2.44. The number of amides is 1. The SMILES string of the molecule is CC(=O)N(c1ccc2c(c1)Oc1cc(NS(C)(=O)=O)ccc1N2)S(C)(=O)=O.